The van der Waals surface area contributed by atoms with Crippen molar-refractivity contribution >= 4 is 0 Å². The van der Waals surface area contributed by atoms with Crippen LogP contribution in [0.1, 0.15) is 11.1 Å². The minimum atomic E-state index is 0.347. The van der Waals surface area contributed by atoms with Crippen molar-refractivity contribution < 1.29 is 9.47 Å². The van der Waals surface area contributed by atoms with Crippen LogP contribution in [0, 0.1) is 18.3 Å². The number of aryl methyl sites for hydroxylation is 1. The van der Waals surface area contributed by atoms with E-state index in [1.807, 2.05) is 37.3 Å². The molecule has 2 rings (SSSR count). The maximum Gasteiger partial charge on any atom is 0.232 e. The van der Waals surface area contributed by atoms with Crippen molar-refractivity contribution in [3.8, 4) is 17.7 Å². The predicted octanol–water partition coefficient (Wildman–Crippen LogP) is 2.72. The highest BCUT2D eigenvalue weighted by Crippen LogP contribution is 2.17. The SMILES string of the molecule is Cc1ccnc(OCCOc2ccccc2)c1C#N. The highest BCUT2D eigenvalue weighted by atomic mass is 16.5. The van der Waals surface area contributed by atoms with Gasteiger partial charge in [-0.1, -0.05) is 18.2 Å². The van der Waals surface area contributed by atoms with E-state index in [0.717, 1.165) is 11.3 Å². The third-order valence-corrected chi connectivity index (χ3v) is 2.57. The summed E-state index contributed by atoms with van der Waals surface area (Å²) in [6.45, 7) is 2.61. The molecule has 0 fully saturated rings. The Hall–Kier alpha value is -2.54. The predicted molar refractivity (Wildman–Crippen MR) is 71.1 cm³/mol. The Labute approximate surface area is 112 Å². The third kappa shape index (κ3) is 3.46. The summed E-state index contributed by atoms with van der Waals surface area (Å²) in [6.07, 6.45) is 1.63. The van der Waals surface area contributed by atoms with Crippen LogP contribution in [0.2, 0.25) is 0 Å². The molecule has 0 aliphatic heterocycles. The highest BCUT2D eigenvalue weighted by Gasteiger charge is 2.07. The molecule has 0 saturated heterocycles. The van der Waals surface area contributed by atoms with Crippen LogP contribution >= 0.6 is 0 Å². The normalized spacial score (nSPS) is 9.68. The summed E-state index contributed by atoms with van der Waals surface area (Å²) >= 11 is 0. The molecule has 0 aliphatic carbocycles. The van der Waals surface area contributed by atoms with Crippen molar-refractivity contribution in [1.29, 1.82) is 5.26 Å². The quantitative estimate of drug-likeness (QED) is 0.770. The number of nitriles is 1. The van der Waals surface area contributed by atoms with Crippen LogP contribution in [0.25, 0.3) is 0 Å². The van der Waals surface area contributed by atoms with Gasteiger partial charge in [-0.25, -0.2) is 4.98 Å². The molecule has 4 heteroatoms. The number of benzene rings is 1. The molecule has 1 aromatic carbocycles. The molecular formula is C15H14N2O2. The zero-order valence-electron chi connectivity index (χ0n) is 10.7. The second-order valence-corrected chi connectivity index (χ2v) is 3.93. The van der Waals surface area contributed by atoms with Crippen molar-refractivity contribution in [2.75, 3.05) is 13.2 Å². The molecule has 0 saturated carbocycles. The lowest BCUT2D eigenvalue weighted by molar-refractivity contribution is 0.211. The largest absolute Gasteiger partial charge is 0.490 e. The van der Waals surface area contributed by atoms with Gasteiger partial charge in [-0.15, -0.1) is 0 Å². The lowest BCUT2D eigenvalue weighted by Gasteiger charge is -2.09. The molecule has 1 aromatic heterocycles. The van der Waals surface area contributed by atoms with Crippen molar-refractivity contribution in [3.05, 3.63) is 53.7 Å². The Morgan fingerprint density at radius 3 is 2.58 bits per heavy atom. The molecule has 0 N–H and O–H groups in total. The van der Waals surface area contributed by atoms with Crippen LogP contribution in [0.5, 0.6) is 11.6 Å². The summed E-state index contributed by atoms with van der Waals surface area (Å²) in [5.41, 5.74) is 1.33. The van der Waals surface area contributed by atoms with Crippen LogP contribution in [0.15, 0.2) is 42.6 Å². The average molecular weight is 254 g/mol. The van der Waals surface area contributed by atoms with Crippen molar-refractivity contribution in [1.82, 2.24) is 4.98 Å². The Balaban J connectivity index is 1.87. The van der Waals surface area contributed by atoms with Crippen LogP contribution < -0.4 is 9.47 Å². The lowest BCUT2D eigenvalue weighted by Crippen LogP contribution is -2.10. The van der Waals surface area contributed by atoms with E-state index in [2.05, 4.69) is 11.1 Å². The first-order valence-corrected chi connectivity index (χ1v) is 5.97. The first-order valence-electron chi connectivity index (χ1n) is 5.97. The van der Waals surface area contributed by atoms with Gasteiger partial charge < -0.3 is 9.47 Å². The molecule has 0 unspecified atom stereocenters. The zero-order valence-corrected chi connectivity index (χ0v) is 10.7. The molecule has 0 atom stereocenters. The van der Waals surface area contributed by atoms with Crippen LogP contribution in [-0.2, 0) is 0 Å². The van der Waals surface area contributed by atoms with Crippen LogP contribution in [-0.4, -0.2) is 18.2 Å². The van der Waals surface area contributed by atoms with Gasteiger partial charge in [-0.2, -0.15) is 5.26 Å². The van der Waals surface area contributed by atoms with Gasteiger partial charge in [-0.05, 0) is 30.7 Å². The van der Waals surface area contributed by atoms with Gasteiger partial charge in [0.25, 0.3) is 0 Å². The molecule has 1 heterocycles. The Morgan fingerprint density at radius 2 is 1.84 bits per heavy atom. The number of hydrogen-bond donors (Lipinski definition) is 0. The van der Waals surface area contributed by atoms with E-state index in [1.54, 1.807) is 12.3 Å². The summed E-state index contributed by atoms with van der Waals surface area (Å²) in [4.78, 5) is 4.05. The van der Waals surface area contributed by atoms with E-state index in [4.69, 9.17) is 14.7 Å². The van der Waals surface area contributed by atoms with E-state index in [9.17, 15) is 0 Å². The van der Waals surface area contributed by atoms with Crippen molar-refractivity contribution in [2.45, 2.75) is 6.92 Å². The minimum Gasteiger partial charge on any atom is -0.490 e. The molecule has 0 radical (unpaired) electrons. The van der Waals surface area contributed by atoms with E-state index >= 15 is 0 Å². The molecule has 0 bridgehead atoms. The van der Waals surface area contributed by atoms with E-state index in [1.165, 1.54) is 0 Å². The van der Waals surface area contributed by atoms with Gasteiger partial charge in [0.2, 0.25) is 5.88 Å². The lowest BCUT2D eigenvalue weighted by atomic mass is 10.2. The summed E-state index contributed by atoms with van der Waals surface area (Å²) in [6, 6.07) is 13.4. The van der Waals surface area contributed by atoms with E-state index in [0.29, 0.717) is 24.7 Å². The fraction of sp³-hybridized carbons (Fsp3) is 0.200. The number of ether oxygens (including phenoxy) is 2. The number of pyridine rings is 1. The topological polar surface area (TPSA) is 55.1 Å². The summed E-state index contributed by atoms with van der Waals surface area (Å²) < 4.78 is 11.0. The third-order valence-electron chi connectivity index (χ3n) is 2.57. The fourth-order valence-corrected chi connectivity index (χ4v) is 1.59. The first-order chi connectivity index (χ1) is 9.31. The zero-order chi connectivity index (χ0) is 13.5. The summed E-state index contributed by atoms with van der Waals surface area (Å²) in [5.74, 6) is 1.16. The molecule has 0 amide bonds. The van der Waals surface area contributed by atoms with Gasteiger partial charge in [0.15, 0.2) is 0 Å². The number of para-hydroxylation sites is 1. The summed E-state index contributed by atoms with van der Waals surface area (Å²) in [7, 11) is 0. The first kappa shape index (κ1) is 12.9. The summed E-state index contributed by atoms with van der Waals surface area (Å²) in [5, 5.41) is 9.03. The van der Waals surface area contributed by atoms with Gasteiger partial charge in [-0.3, -0.25) is 0 Å². The standard InChI is InChI=1S/C15H14N2O2/c1-12-7-8-17-15(14(12)11-16)19-10-9-18-13-5-3-2-4-6-13/h2-8H,9-10H2,1H3. The second-order valence-electron chi connectivity index (χ2n) is 3.93. The van der Waals surface area contributed by atoms with E-state index < -0.39 is 0 Å². The molecule has 4 nitrogen and oxygen atoms in total. The maximum absolute atomic E-state index is 9.03. The van der Waals surface area contributed by atoms with Gasteiger partial charge in [0, 0.05) is 6.20 Å². The monoisotopic (exact) mass is 254 g/mol. The van der Waals surface area contributed by atoms with Gasteiger partial charge in [0.1, 0.15) is 30.6 Å². The Kier molecular flexibility index (Phi) is 4.35. The number of nitrogens with zero attached hydrogens (tertiary/aromatic N) is 2. The average Bonchev–Trinajstić information content (AvgIpc) is 2.45. The molecule has 96 valence electrons. The smallest absolute Gasteiger partial charge is 0.232 e. The molecular weight excluding hydrogens is 240 g/mol. The van der Waals surface area contributed by atoms with Crippen LogP contribution in [0.4, 0.5) is 0 Å². The number of rotatable bonds is 5. The molecule has 19 heavy (non-hydrogen) atoms. The Bertz CT molecular complexity index is 576. The van der Waals surface area contributed by atoms with E-state index in [-0.39, 0.29) is 0 Å². The van der Waals surface area contributed by atoms with Gasteiger partial charge >= 0.3 is 0 Å². The number of aromatic nitrogens is 1. The number of hydrogen-bond acceptors (Lipinski definition) is 4. The molecule has 2 aromatic rings. The Morgan fingerprint density at radius 1 is 1.11 bits per heavy atom. The van der Waals surface area contributed by atoms with Crippen molar-refractivity contribution in [3.63, 3.8) is 0 Å². The second kappa shape index (κ2) is 6.41. The highest BCUT2D eigenvalue weighted by molar-refractivity contribution is 5.43. The van der Waals surface area contributed by atoms with Crippen molar-refractivity contribution in [2.24, 2.45) is 0 Å². The van der Waals surface area contributed by atoms with Gasteiger partial charge in [0.05, 0.1) is 0 Å². The fourth-order valence-electron chi connectivity index (χ4n) is 1.59. The molecule has 0 aliphatic rings. The maximum atomic E-state index is 9.03. The molecule has 0 spiro atoms. The minimum absolute atomic E-state index is 0.347. The van der Waals surface area contributed by atoms with Crippen LogP contribution in [0.3, 0.4) is 0 Å².